The first-order chi connectivity index (χ1) is 14.2. The van der Waals surface area contributed by atoms with Gasteiger partial charge in [0.05, 0.1) is 5.69 Å². The number of hydrogen-bond acceptors (Lipinski definition) is 3. The van der Waals surface area contributed by atoms with Crippen molar-refractivity contribution in [3.8, 4) is 11.3 Å². The molecule has 30 heavy (non-hydrogen) atoms. The Labute approximate surface area is 184 Å². The summed E-state index contributed by atoms with van der Waals surface area (Å²) in [6.45, 7) is 16.4. The largest absolute Gasteiger partial charge is 0.347 e. The molecule has 1 saturated heterocycles. The third-order valence-electron chi connectivity index (χ3n) is 6.21. The van der Waals surface area contributed by atoms with Gasteiger partial charge in [0, 0.05) is 33.9 Å². The Morgan fingerprint density at radius 1 is 1.20 bits per heavy atom. The second-order valence-electron chi connectivity index (χ2n) is 10.2. The molecule has 0 aromatic carbocycles. The molecule has 6 nitrogen and oxygen atoms in total. The third-order valence-corrected chi connectivity index (χ3v) is 7.06. The summed E-state index contributed by atoms with van der Waals surface area (Å²) < 4.78 is 2.50. The maximum Gasteiger partial charge on any atom is 0.275 e. The van der Waals surface area contributed by atoms with E-state index in [1.165, 1.54) is 39.7 Å². The molecule has 0 bridgehead atoms. The number of nitrogens with zero attached hydrogens (tertiary/aromatic N) is 2. The van der Waals surface area contributed by atoms with Crippen LogP contribution in [0, 0.1) is 13.8 Å². The normalized spacial score (nSPS) is 22.3. The number of rotatable bonds is 6. The summed E-state index contributed by atoms with van der Waals surface area (Å²) in [4.78, 5) is 20.2. The molecule has 0 unspecified atom stereocenters. The molecular formula is C23H37N5OS+2. The Bertz CT molecular complexity index is 897. The van der Waals surface area contributed by atoms with Crippen LogP contribution < -0.4 is 15.1 Å². The molecular weight excluding hydrogens is 394 g/mol. The van der Waals surface area contributed by atoms with Crippen LogP contribution in [0.4, 0.5) is 0 Å². The fourth-order valence-electron chi connectivity index (χ4n) is 4.66. The predicted molar refractivity (Wildman–Crippen MR) is 121 cm³/mol. The minimum absolute atomic E-state index is 0.150. The second kappa shape index (κ2) is 8.44. The molecule has 1 saturated carbocycles. The maximum atomic E-state index is 12.2. The van der Waals surface area contributed by atoms with Crippen molar-refractivity contribution in [2.75, 3.05) is 32.7 Å². The van der Waals surface area contributed by atoms with Crippen LogP contribution in [0.1, 0.15) is 56.1 Å². The Morgan fingerprint density at radius 2 is 1.87 bits per heavy atom. The number of aryl methyl sites for hydroxylation is 1. The van der Waals surface area contributed by atoms with Gasteiger partial charge in [-0.15, -0.1) is 11.3 Å². The fourth-order valence-corrected chi connectivity index (χ4v) is 5.53. The van der Waals surface area contributed by atoms with Crippen molar-refractivity contribution in [2.45, 2.75) is 65.6 Å². The average Bonchev–Trinajstić information content (AvgIpc) is 3.29. The minimum Gasteiger partial charge on any atom is -0.347 e. The van der Waals surface area contributed by atoms with Crippen molar-refractivity contribution < 1.29 is 14.6 Å². The number of amides is 1. The van der Waals surface area contributed by atoms with Crippen molar-refractivity contribution in [1.82, 2.24) is 14.9 Å². The van der Waals surface area contributed by atoms with E-state index >= 15 is 0 Å². The van der Waals surface area contributed by atoms with Gasteiger partial charge < -0.3 is 19.7 Å². The number of nitrogens with one attached hydrogen (secondary N) is 3. The highest BCUT2D eigenvalue weighted by atomic mass is 32.1. The number of hydrogen-bond donors (Lipinski definition) is 3. The van der Waals surface area contributed by atoms with Crippen LogP contribution in [0.15, 0.2) is 11.4 Å². The fraction of sp³-hybridized carbons (Fsp3) is 0.652. The average molecular weight is 432 g/mol. The first kappa shape index (κ1) is 21.5. The van der Waals surface area contributed by atoms with Gasteiger partial charge in [0.2, 0.25) is 0 Å². The summed E-state index contributed by atoms with van der Waals surface area (Å²) in [6.07, 6.45) is 2.63. The highest BCUT2D eigenvalue weighted by Gasteiger charge is 2.29. The standard InChI is InChI=1S/C23H35N5OS/c1-16-12-19(17(2)28(16)18-6-7-18)20-15-30-22(24-20)14-27-10-8-26(9-11-27)13-21(29)25-23(3,4)5/h12,15,18H,6-11,13-14H2,1-5H3,(H,25,29)/p+2. The molecule has 1 aliphatic heterocycles. The van der Waals surface area contributed by atoms with E-state index in [0.717, 1.165) is 38.4 Å². The van der Waals surface area contributed by atoms with E-state index in [1.807, 2.05) is 20.8 Å². The molecule has 164 valence electrons. The Kier molecular flexibility index (Phi) is 6.06. The molecule has 3 N–H and O–H groups in total. The molecule has 3 heterocycles. The zero-order chi connectivity index (χ0) is 21.5. The predicted octanol–water partition coefficient (Wildman–Crippen LogP) is 0.761. The van der Waals surface area contributed by atoms with Gasteiger partial charge in [0.1, 0.15) is 37.7 Å². The molecule has 1 amide bonds. The van der Waals surface area contributed by atoms with Gasteiger partial charge >= 0.3 is 0 Å². The summed E-state index contributed by atoms with van der Waals surface area (Å²) in [5.74, 6) is 0.161. The Hall–Kier alpha value is -1.70. The molecule has 2 aromatic rings. The van der Waals surface area contributed by atoms with Crippen LogP contribution in [0.25, 0.3) is 11.3 Å². The van der Waals surface area contributed by atoms with Crippen LogP contribution in [0.5, 0.6) is 0 Å². The first-order valence-corrected chi connectivity index (χ1v) is 12.2. The van der Waals surface area contributed by atoms with Gasteiger partial charge in [0.25, 0.3) is 5.91 Å². The van der Waals surface area contributed by atoms with Crippen molar-refractivity contribution >= 4 is 17.2 Å². The Morgan fingerprint density at radius 3 is 2.50 bits per heavy atom. The zero-order valence-corrected chi connectivity index (χ0v) is 19.9. The van der Waals surface area contributed by atoms with Crippen molar-refractivity contribution in [3.05, 3.63) is 27.8 Å². The lowest BCUT2D eigenvalue weighted by Gasteiger charge is -2.29. The van der Waals surface area contributed by atoms with Gasteiger partial charge in [-0.05, 0) is 53.5 Å². The minimum atomic E-state index is -0.150. The molecule has 2 fully saturated rings. The van der Waals surface area contributed by atoms with E-state index in [0.29, 0.717) is 12.6 Å². The van der Waals surface area contributed by atoms with E-state index in [9.17, 15) is 4.79 Å². The van der Waals surface area contributed by atoms with Gasteiger partial charge in [-0.2, -0.15) is 0 Å². The van der Waals surface area contributed by atoms with Gasteiger partial charge in [0.15, 0.2) is 6.54 Å². The molecule has 1 aliphatic carbocycles. The second-order valence-corrected chi connectivity index (χ2v) is 11.1. The van der Waals surface area contributed by atoms with Crippen molar-refractivity contribution in [3.63, 3.8) is 0 Å². The summed E-state index contributed by atoms with van der Waals surface area (Å²) >= 11 is 1.79. The number of quaternary nitrogens is 2. The van der Waals surface area contributed by atoms with Crippen LogP contribution in [-0.4, -0.2) is 53.7 Å². The third kappa shape index (κ3) is 5.13. The number of carbonyl (C=O) groups is 1. The number of thiazole rings is 1. The van der Waals surface area contributed by atoms with Crippen LogP contribution >= 0.6 is 11.3 Å². The van der Waals surface area contributed by atoms with Crippen molar-refractivity contribution in [1.29, 1.82) is 0 Å². The summed E-state index contributed by atoms with van der Waals surface area (Å²) in [5, 5.41) is 6.54. The number of aromatic nitrogens is 2. The lowest BCUT2D eigenvalue weighted by atomic mass is 10.1. The molecule has 4 rings (SSSR count). The smallest absolute Gasteiger partial charge is 0.275 e. The van der Waals surface area contributed by atoms with E-state index in [1.54, 1.807) is 16.2 Å². The van der Waals surface area contributed by atoms with Crippen LogP contribution in [-0.2, 0) is 11.3 Å². The monoisotopic (exact) mass is 431 g/mol. The summed E-state index contributed by atoms with van der Waals surface area (Å²) in [6, 6.07) is 3.02. The molecule has 0 atom stereocenters. The van der Waals surface area contributed by atoms with Crippen LogP contribution in [0.2, 0.25) is 0 Å². The van der Waals surface area contributed by atoms with E-state index in [-0.39, 0.29) is 11.4 Å². The van der Waals surface area contributed by atoms with Crippen molar-refractivity contribution in [2.24, 2.45) is 0 Å². The van der Waals surface area contributed by atoms with Crippen LogP contribution in [0.3, 0.4) is 0 Å². The van der Waals surface area contributed by atoms with Gasteiger partial charge in [-0.3, -0.25) is 4.79 Å². The molecule has 0 spiro atoms. The summed E-state index contributed by atoms with van der Waals surface area (Å²) in [7, 11) is 0. The quantitative estimate of drug-likeness (QED) is 0.633. The first-order valence-electron chi connectivity index (χ1n) is 11.3. The molecule has 0 radical (unpaired) electrons. The molecule has 2 aromatic heterocycles. The van der Waals surface area contributed by atoms with Gasteiger partial charge in [-0.25, -0.2) is 4.98 Å². The highest BCUT2D eigenvalue weighted by Crippen LogP contribution is 2.40. The Balaban J connectivity index is 1.30. The topological polar surface area (TPSA) is 55.8 Å². The molecule has 7 heteroatoms. The maximum absolute atomic E-state index is 12.2. The lowest BCUT2D eigenvalue weighted by molar-refractivity contribution is -1.02. The SMILES string of the molecule is Cc1cc(-c2csc(C[NH+]3CC[NH+](CC(=O)NC(C)(C)C)CC3)n2)c(C)n1C1CC1. The number of carbonyl (C=O) groups excluding carboxylic acids is 1. The number of piperazine rings is 1. The summed E-state index contributed by atoms with van der Waals surface area (Å²) in [5.41, 5.74) is 5.01. The zero-order valence-electron chi connectivity index (χ0n) is 19.1. The van der Waals surface area contributed by atoms with Gasteiger partial charge in [-0.1, -0.05) is 0 Å². The molecule has 2 aliphatic rings. The van der Waals surface area contributed by atoms with E-state index < -0.39 is 0 Å². The highest BCUT2D eigenvalue weighted by molar-refractivity contribution is 7.09. The van der Waals surface area contributed by atoms with E-state index in [2.05, 4.69) is 35.2 Å². The van der Waals surface area contributed by atoms with E-state index in [4.69, 9.17) is 4.98 Å². The lowest BCUT2D eigenvalue weighted by Crippen LogP contribution is -3.28.